The van der Waals surface area contributed by atoms with E-state index in [2.05, 4.69) is 62.0 Å². The summed E-state index contributed by atoms with van der Waals surface area (Å²) in [6, 6.07) is 16.4. The normalized spacial score (nSPS) is 13.9. The van der Waals surface area contributed by atoms with Crippen LogP contribution < -0.4 is 10.6 Å². The van der Waals surface area contributed by atoms with Crippen molar-refractivity contribution in [2.24, 2.45) is 5.92 Å². The average Bonchev–Trinajstić information content (AvgIpc) is 3.83. The molecule has 6 rings (SSSR count). The average molecular weight is 537 g/mol. The number of aldehydes is 2. The van der Waals surface area contributed by atoms with Crippen LogP contribution in [0.4, 0.5) is 11.5 Å². The van der Waals surface area contributed by atoms with Crippen molar-refractivity contribution in [3.8, 4) is 22.4 Å². The minimum Gasteiger partial charge on any atom is -0.388 e. The van der Waals surface area contributed by atoms with Crippen LogP contribution in [-0.4, -0.2) is 46.8 Å². The predicted octanol–water partition coefficient (Wildman–Crippen LogP) is 6.35. The minimum atomic E-state index is 0.444. The zero-order valence-electron chi connectivity index (χ0n) is 23.3. The second-order valence-corrected chi connectivity index (χ2v) is 10.0. The molecule has 0 spiro atoms. The van der Waals surface area contributed by atoms with Crippen LogP contribution in [0.5, 0.6) is 0 Å². The van der Waals surface area contributed by atoms with Crippen molar-refractivity contribution in [1.29, 1.82) is 0 Å². The molecule has 3 aromatic heterocycles. The fraction of sp³-hybridized carbons (Fsp3) is 0.312. The lowest BCUT2D eigenvalue weighted by Gasteiger charge is -2.25. The van der Waals surface area contributed by atoms with Crippen molar-refractivity contribution in [2.75, 3.05) is 24.7 Å². The molecule has 8 nitrogen and oxygen atoms in total. The molecule has 8 heteroatoms. The summed E-state index contributed by atoms with van der Waals surface area (Å²) >= 11 is 0. The van der Waals surface area contributed by atoms with Crippen LogP contribution in [0.1, 0.15) is 59.6 Å². The van der Waals surface area contributed by atoms with Gasteiger partial charge in [0.05, 0.1) is 11.9 Å². The van der Waals surface area contributed by atoms with Crippen LogP contribution in [0.3, 0.4) is 0 Å². The summed E-state index contributed by atoms with van der Waals surface area (Å²) in [6.45, 7) is 2.13. The lowest BCUT2D eigenvalue weighted by Crippen LogP contribution is -2.10. The van der Waals surface area contributed by atoms with Gasteiger partial charge in [-0.3, -0.25) is 9.78 Å². The third-order valence-electron chi connectivity index (χ3n) is 7.12. The van der Waals surface area contributed by atoms with Gasteiger partial charge < -0.3 is 15.4 Å². The third-order valence-corrected chi connectivity index (χ3v) is 7.12. The Kier molecular flexibility index (Phi) is 10.0. The number of nitrogens with zero attached hydrogens (tertiary/aromatic N) is 4. The van der Waals surface area contributed by atoms with Gasteiger partial charge in [0.2, 0.25) is 0 Å². The third kappa shape index (κ3) is 7.79. The topological polar surface area (TPSA) is 110 Å². The highest BCUT2D eigenvalue weighted by molar-refractivity contribution is 5.75. The van der Waals surface area contributed by atoms with E-state index in [0.29, 0.717) is 17.5 Å². The van der Waals surface area contributed by atoms with E-state index in [1.54, 1.807) is 12.4 Å². The van der Waals surface area contributed by atoms with Crippen LogP contribution in [0.25, 0.3) is 22.4 Å². The number of benzene rings is 1. The lowest BCUT2D eigenvalue weighted by atomic mass is 9.81. The molecule has 2 saturated carbocycles. The van der Waals surface area contributed by atoms with Crippen LogP contribution >= 0.6 is 0 Å². The molecule has 0 unspecified atom stereocenters. The number of anilines is 2. The summed E-state index contributed by atoms with van der Waals surface area (Å²) in [5.74, 6) is 1.91. The van der Waals surface area contributed by atoms with Gasteiger partial charge in [-0.25, -0.2) is 4.98 Å². The first-order valence-electron chi connectivity index (χ1n) is 13.7. The molecule has 3 heterocycles. The maximum absolute atomic E-state index is 10.4. The van der Waals surface area contributed by atoms with Gasteiger partial charge in [0, 0.05) is 43.7 Å². The van der Waals surface area contributed by atoms with E-state index in [4.69, 9.17) is 0 Å². The highest BCUT2D eigenvalue weighted by Crippen LogP contribution is 2.35. The van der Waals surface area contributed by atoms with E-state index in [-0.39, 0.29) is 0 Å². The molecule has 1 aromatic carbocycles. The first-order chi connectivity index (χ1) is 19.5. The Morgan fingerprint density at radius 3 is 2.25 bits per heavy atom. The Hall–Kier alpha value is -4.46. The van der Waals surface area contributed by atoms with Gasteiger partial charge in [0.1, 0.15) is 17.8 Å². The Bertz CT molecular complexity index is 1430. The molecule has 4 aromatic rings. The Morgan fingerprint density at radius 1 is 0.850 bits per heavy atom. The number of hydrogen-bond acceptors (Lipinski definition) is 8. The van der Waals surface area contributed by atoms with Crippen molar-refractivity contribution >= 4 is 24.1 Å². The molecule has 0 aliphatic heterocycles. The van der Waals surface area contributed by atoms with Crippen LogP contribution in [-0.2, 0) is 4.79 Å². The van der Waals surface area contributed by atoms with Gasteiger partial charge in [-0.1, -0.05) is 12.5 Å². The number of pyridine rings is 2. The molecule has 0 saturated heterocycles. The van der Waals surface area contributed by atoms with E-state index in [1.165, 1.54) is 36.0 Å². The monoisotopic (exact) mass is 536 g/mol. The standard InChI is InChI=1S/C19H20N4.C9H10N2O.C4H6O/c1-13-4-5-16(20-2)12-17(13)14-6-8-22-18(10-14)15-7-9-23-19(11-15)21-3;12-6-9-4-8(5-10-11-9)7-2-1-3-7;5-3-4-1-2-4/h4-12,20H,1-3H3,(H,21,23);4-7H,1-3H2;3-4H,1-2H2. The largest absolute Gasteiger partial charge is 0.388 e. The SMILES string of the molecule is CNc1ccc(C)c(-c2ccnc(-c3ccnc(NC)c3)c2)c1.O=CC1CC1.O=Cc1cc(C2CCC2)cnn1. The first kappa shape index (κ1) is 28.5. The van der Waals surface area contributed by atoms with E-state index in [9.17, 15) is 9.59 Å². The predicted molar refractivity (Wildman–Crippen MR) is 160 cm³/mol. The summed E-state index contributed by atoms with van der Waals surface area (Å²) in [5.41, 5.74) is 8.31. The number of nitrogens with one attached hydrogen (secondary N) is 2. The van der Waals surface area contributed by atoms with Crippen molar-refractivity contribution in [2.45, 2.75) is 44.9 Å². The highest BCUT2D eigenvalue weighted by Gasteiger charge is 2.20. The molecule has 206 valence electrons. The Balaban J connectivity index is 0.000000179. The van der Waals surface area contributed by atoms with Gasteiger partial charge in [0.25, 0.3) is 0 Å². The first-order valence-corrected chi connectivity index (χ1v) is 13.7. The molecule has 0 radical (unpaired) electrons. The van der Waals surface area contributed by atoms with Crippen molar-refractivity contribution < 1.29 is 9.59 Å². The molecule has 0 amide bonds. The van der Waals surface area contributed by atoms with Gasteiger partial charge >= 0.3 is 0 Å². The summed E-state index contributed by atoms with van der Waals surface area (Å²) in [7, 11) is 3.80. The maximum Gasteiger partial charge on any atom is 0.170 e. The fourth-order valence-electron chi connectivity index (χ4n) is 4.22. The zero-order chi connectivity index (χ0) is 28.3. The number of carbonyl (C=O) groups is 2. The molecular formula is C32H36N6O2. The van der Waals surface area contributed by atoms with E-state index >= 15 is 0 Å². The summed E-state index contributed by atoms with van der Waals surface area (Å²) in [5, 5.41) is 13.7. The van der Waals surface area contributed by atoms with Crippen LogP contribution in [0.2, 0.25) is 0 Å². The van der Waals surface area contributed by atoms with Crippen LogP contribution in [0, 0.1) is 12.8 Å². The second-order valence-electron chi connectivity index (χ2n) is 10.0. The van der Waals surface area contributed by atoms with Crippen molar-refractivity contribution in [3.05, 3.63) is 83.9 Å². The number of aryl methyl sites for hydroxylation is 1. The molecule has 2 N–H and O–H groups in total. The fourth-order valence-corrected chi connectivity index (χ4v) is 4.22. The maximum atomic E-state index is 10.4. The molecular weight excluding hydrogens is 500 g/mol. The number of aromatic nitrogens is 4. The van der Waals surface area contributed by atoms with Gasteiger partial charge in [0.15, 0.2) is 6.29 Å². The number of carbonyl (C=O) groups excluding carboxylic acids is 2. The Labute approximate surface area is 235 Å². The van der Waals surface area contributed by atoms with Crippen LogP contribution in [0.15, 0.2) is 67.1 Å². The zero-order valence-corrected chi connectivity index (χ0v) is 23.3. The molecule has 0 atom stereocenters. The van der Waals surface area contributed by atoms with Gasteiger partial charge in [-0.2, -0.15) is 5.10 Å². The smallest absolute Gasteiger partial charge is 0.170 e. The van der Waals surface area contributed by atoms with Crippen molar-refractivity contribution in [3.63, 3.8) is 0 Å². The summed E-state index contributed by atoms with van der Waals surface area (Å²) in [4.78, 5) is 28.7. The molecule has 0 bridgehead atoms. The summed E-state index contributed by atoms with van der Waals surface area (Å²) in [6.07, 6.45) is 13.2. The Morgan fingerprint density at radius 2 is 1.62 bits per heavy atom. The van der Waals surface area contributed by atoms with Gasteiger partial charge in [-0.15, -0.1) is 5.10 Å². The quantitative estimate of drug-likeness (QED) is 0.263. The lowest BCUT2D eigenvalue weighted by molar-refractivity contribution is -0.108. The highest BCUT2D eigenvalue weighted by atomic mass is 16.1. The molecule has 2 aliphatic rings. The van der Waals surface area contributed by atoms with E-state index in [0.717, 1.165) is 53.7 Å². The summed E-state index contributed by atoms with van der Waals surface area (Å²) < 4.78 is 0. The van der Waals surface area contributed by atoms with E-state index < -0.39 is 0 Å². The second kappa shape index (κ2) is 14.1. The molecule has 2 aliphatic carbocycles. The number of rotatable bonds is 7. The molecule has 40 heavy (non-hydrogen) atoms. The van der Waals surface area contributed by atoms with Crippen molar-refractivity contribution in [1.82, 2.24) is 20.2 Å². The number of hydrogen-bond donors (Lipinski definition) is 2. The molecule has 2 fully saturated rings. The minimum absolute atomic E-state index is 0.444. The van der Waals surface area contributed by atoms with Gasteiger partial charge in [-0.05, 0) is 103 Å². The van der Waals surface area contributed by atoms with E-state index in [1.807, 2.05) is 44.6 Å².